The predicted octanol–water partition coefficient (Wildman–Crippen LogP) is -0.719. The molecule has 19 heavy (non-hydrogen) atoms. The lowest BCUT2D eigenvalue weighted by Gasteiger charge is -2.35. The second-order valence-electron chi connectivity index (χ2n) is 4.64. The molecule has 0 radical (unpaired) electrons. The first-order chi connectivity index (χ1) is 9.01. The summed E-state index contributed by atoms with van der Waals surface area (Å²) >= 11 is 0. The smallest absolute Gasteiger partial charge is 0.328 e. The summed E-state index contributed by atoms with van der Waals surface area (Å²) in [7, 11) is 2.36. The maximum Gasteiger partial charge on any atom is 0.328 e. The SMILES string of the molecule is COC(=O)C1C(=O)C[C@H]2CC[C@@H](C(=O)OC)N2C1=O. The summed E-state index contributed by atoms with van der Waals surface area (Å²) < 4.78 is 9.12. The lowest BCUT2D eigenvalue weighted by molar-refractivity contribution is -0.166. The molecule has 3 atom stereocenters. The summed E-state index contributed by atoms with van der Waals surface area (Å²) in [5.74, 6) is -3.92. The highest BCUT2D eigenvalue weighted by Gasteiger charge is 2.52. The van der Waals surface area contributed by atoms with Gasteiger partial charge in [0.05, 0.1) is 14.2 Å². The summed E-state index contributed by atoms with van der Waals surface area (Å²) in [6.45, 7) is 0. The van der Waals surface area contributed by atoms with Crippen molar-refractivity contribution < 1.29 is 28.7 Å². The Bertz CT molecular complexity index is 446. The number of carbonyl (C=O) groups is 4. The van der Waals surface area contributed by atoms with Crippen molar-refractivity contribution in [1.29, 1.82) is 0 Å². The Morgan fingerprint density at radius 1 is 1.11 bits per heavy atom. The molecule has 0 saturated carbocycles. The van der Waals surface area contributed by atoms with E-state index in [9.17, 15) is 19.2 Å². The van der Waals surface area contributed by atoms with E-state index in [-0.39, 0.29) is 12.5 Å². The van der Waals surface area contributed by atoms with E-state index < -0.39 is 35.6 Å². The number of hydrogen-bond donors (Lipinski definition) is 0. The molecule has 2 fully saturated rings. The molecule has 0 aromatic heterocycles. The minimum absolute atomic E-state index is 0.0823. The standard InChI is InChI=1S/C12H15NO6/c1-18-11(16)7-4-3-6-5-8(14)9(12(17)19-2)10(15)13(6)7/h6-7,9H,3-5H2,1-2H3/t6-,7+,9?/m1/s1. The molecule has 0 spiro atoms. The summed E-state index contributed by atoms with van der Waals surface area (Å²) in [5.41, 5.74) is 0. The number of carbonyl (C=O) groups excluding carboxylic acids is 4. The Morgan fingerprint density at radius 3 is 2.32 bits per heavy atom. The molecule has 0 bridgehead atoms. The molecule has 7 heteroatoms. The predicted molar refractivity (Wildman–Crippen MR) is 60.8 cm³/mol. The van der Waals surface area contributed by atoms with Crippen LogP contribution >= 0.6 is 0 Å². The molecule has 0 aliphatic carbocycles. The van der Waals surface area contributed by atoms with Crippen LogP contribution < -0.4 is 0 Å². The largest absolute Gasteiger partial charge is 0.468 e. The number of fused-ring (bicyclic) bond motifs is 1. The lowest BCUT2D eigenvalue weighted by atomic mass is 9.91. The maximum absolute atomic E-state index is 12.2. The molecule has 0 aromatic carbocycles. The summed E-state index contributed by atoms with van der Waals surface area (Å²) in [6, 6.07) is -1.02. The van der Waals surface area contributed by atoms with Gasteiger partial charge in [-0.15, -0.1) is 0 Å². The number of esters is 2. The lowest BCUT2D eigenvalue weighted by Crippen LogP contribution is -2.56. The molecule has 2 aliphatic heterocycles. The van der Waals surface area contributed by atoms with Crippen molar-refractivity contribution >= 4 is 23.6 Å². The molecule has 1 unspecified atom stereocenters. The summed E-state index contributed by atoms with van der Waals surface area (Å²) in [4.78, 5) is 48.5. The van der Waals surface area contributed by atoms with Crippen LogP contribution in [0.25, 0.3) is 0 Å². The first-order valence-electron chi connectivity index (χ1n) is 6.01. The van der Waals surface area contributed by atoms with Gasteiger partial charge < -0.3 is 14.4 Å². The fourth-order valence-electron chi connectivity index (χ4n) is 2.77. The maximum atomic E-state index is 12.2. The normalized spacial score (nSPS) is 30.0. The van der Waals surface area contributed by atoms with Crippen molar-refractivity contribution in [2.75, 3.05) is 14.2 Å². The van der Waals surface area contributed by atoms with E-state index in [1.807, 2.05) is 0 Å². The van der Waals surface area contributed by atoms with Gasteiger partial charge in [0, 0.05) is 12.5 Å². The highest BCUT2D eigenvalue weighted by molar-refractivity contribution is 6.18. The Kier molecular flexibility index (Phi) is 3.55. The van der Waals surface area contributed by atoms with Crippen molar-refractivity contribution in [1.82, 2.24) is 4.90 Å². The average molecular weight is 269 g/mol. The number of nitrogens with zero attached hydrogens (tertiary/aromatic N) is 1. The highest BCUT2D eigenvalue weighted by Crippen LogP contribution is 2.34. The van der Waals surface area contributed by atoms with Crippen molar-refractivity contribution in [3.05, 3.63) is 0 Å². The van der Waals surface area contributed by atoms with Crippen LogP contribution in [-0.2, 0) is 28.7 Å². The Labute approximate surface area is 109 Å². The van der Waals surface area contributed by atoms with Crippen molar-refractivity contribution in [2.24, 2.45) is 5.92 Å². The molecule has 7 nitrogen and oxygen atoms in total. The third kappa shape index (κ3) is 2.09. The summed E-state index contributed by atoms with van der Waals surface area (Å²) in [5, 5.41) is 0. The quantitative estimate of drug-likeness (QED) is 0.485. The van der Waals surface area contributed by atoms with Gasteiger partial charge in [0.25, 0.3) is 0 Å². The van der Waals surface area contributed by atoms with Gasteiger partial charge in [0.15, 0.2) is 11.7 Å². The Morgan fingerprint density at radius 2 is 1.74 bits per heavy atom. The van der Waals surface area contributed by atoms with Gasteiger partial charge in [-0.1, -0.05) is 0 Å². The van der Waals surface area contributed by atoms with Gasteiger partial charge in [-0.2, -0.15) is 0 Å². The van der Waals surface area contributed by atoms with Gasteiger partial charge in [-0.3, -0.25) is 14.4 Å². The van der Waals surface area contributed by atoms with E-state index in [4.69, 9.17) is 0 Å². The fraction of sp³-hybridized carbons (Fsp3) is 0.667. The van der Waals surface area contributed by atoms with Crippen LogP contribution in [0.4, 0.5) is 0 Å². The molecular weight excluding hydrogens is 254 g/mol. The van der Waals surface area contributed by atoms with E-state index in [1.54, 1.807) is 0 Å². The number of ketones is 1. The second-order valence-corrected chi connectivity index (χ2v) is 4.64. The molecule has 2 heterocycles. The number of amides is 1. The number of hydrogen-bond acceptors (Lipinski definition) is 6. The van der Waals surface area contributed by atoms with Crippen molar-refractivity contribution in [3.8, 4) is 0 Å². The monoisotopic (exact) mass is 269 g/mol. The van der Waals surface area contributed by atoms with Gasteiger partial charge in [0.2, 0.25) is 5.91 Å². The molecule has 0 aromatic rings. The number of piperidine rings is 1. The van der Waals surface area contributed by atoms with Crippen LogP contribution in [0.2, 0.25) is 0 Å². The molecule has 1 amide bonds. The van der Waals surface area contributed by atoms with E-state index in [0.717, 1.165) is 7.11 Å². The molecular formula is C12H15NO6. The average Bonchev–Trinajstić information content (AvgIpc) is 2.81. The van der Waals surface area contributed by atoms with Gasteiger partial charge in [-0.05, 0) is 12.8 Å². The summed E-state index contributed by atoms with van der Waals surface area (Å²) in [6.07, 6.45) is 1.09. The van der Waals surface area contributed by atoms with Gasteiger partial charge >= 0.3 is 11.9 Å². The zero-order valence-electron chi connectivity index (χ0n) is 10.8. The van der Waals surface area contributed by atoms with Crippen LogP contribution in [0.5, 0.6) is 0 Å². The van der Waals surface area contributed by atoms with Crippen LogP contribution in [0, 0.1) is 5.92 Å². The Hall–Kier alpha value is -1.92. The van der Waals surface area contributed by atoms with Crippen LogP contribution in [0.3, 0.4) is 0 Å². The fourth-order valence-corrected chi connectivity index (χ4v) is 2.77. The highest BCUT2D eigenvalue weighted by atomic mass is 16.5. The minimum atomic E-state index is -1.44. The van der Waals surface area contributed by atoms with E-state index >= 15 is 0 Å². The van der Waals surface area contributed by atoms with Crippen LogP contribution in [0.15, 0.2) is 0 Å². The number of ether oxygens (including phenoxy) is 2. The molecule has 0 N–H and O–H groups in total. The molecule has 2 aliphatic rings. The topological polar surface area (TPSA) is 90.0 Å². The second kappa shape index (κ2) is 4.99. The first-order valence-corrected chi connectivity index (χ1v) is 6.01. The zero-order chi connectivity index (χ0) is 14.2. The zero-order valence-corrected chi connectivity index (χ0v) is 10.8. The van der Waals surface area contributed by atoms with Gasteiger partial charge in [-0.25, -0.2) is 4.79 Å². The first kappa shape index (κ1) is 13.5. The molecule has 104 valence electrons. The van der Waals surface area contributed by atoms with Crippen molar-refractivity contribution in [3.63, 3.8) is 0 Å². The van der Waals surface area contributed by atoms with E-state index in [0.29, 0.717) is 12.8 Å². The molecule has 2 rings (SSSR count). The van der Waals surface area contributed by atoms with E-state index in [2.05, 4.69) is 9.47 Å². The minimum Gasteiger partial charge on any atom is -0.468 e. The Balaban J connectivity index is 2.27. The van der Waals surface area contributed by atoms with Gasteiger partial charge in [0.1, 0.15) is 6.04 Å². The third-order valence-electron chi connectivity index (χ3n) is 3.67. The van der Waals surface area contributed by atoms with Crippen molar-refractivity contribution in [2.45, 2.75) is 31.3 Å². The molecule has 2 saturated heterocycles. The third-order valence-corrected chi connectivity index (χ3v) is 3.67. The van der Waals surface area contributed by atoms with Crippen LogP contribution in [0.1, 0.15) is 19.3 Å². The number of Topliss-reactive ketones (excluding diaryl/α,β-unsaturated/α-hetero) is 1. The van der Waals surface area contributed by atoms with Crippen LogP contribution in [-0.4, -0.2) is 54.8 Å². The number of methoxy groups -OCH3 is 2. The van der Waals surface area contributed by atoms with E-state index in [1.165, 1.54) is 12.0 Å². The number of rotatable bonds is 2.